The summed E-state index contributed by atoms with van der Waals surface area (Å²) in [4.78, 5) is 2.24. The van der Waals surface area contributed by atoms with Gasteiger partial charge in [0.1, 0.15) is 4.32 Å². The molecule has 2 aromatic rings. The van der Waals surface area contributed by atoms with Gasteiger partial charge in [0.05, 0.1) is 5.25 Å². The number of thiocarbonyl (C=S) groups is 1. The quantitative estimate of drug-likeness (QED) is 0.704. The molecule has 21 heavy (non-hydrogen) atoms. The molecule has 2 rings (SSSR count). The Kier molecular flexibility index (Phi) is 6.27. The second-order valence-corrected chi connectivity index (χ2v) is 6.50. The van der Waals surface area contributed by atoms with E-state index in [0.717, 1.165) is 17.4 Å². The lowest BCUT2D eigenvalue weighted by molar-refractivity contribution is 0.482. The van der Waals surface area contributed by atoms with Crippen molar-refractivity contribution in [2.75, 3.05) is 13.1 Å². The second kappa shape index (κ2) is 8.20. The van der Waals surface area contributed by atoms with Crippen LogP contribution in [0.15, 0.2) is 60.7 Å². The Labute approximate surface area is 137 Å². The van der Waals surface area contributed by atoms with Crippen molar-refractivity contribution < 1.29 is 0 Å². The Balaban J connectivity index is 2.27. The third-order valence-electron chi connectivity index (χ3n) is 3.44. The van der Waals surface area contributed by atoms with Gasteiger partial charge in [0.25, 0.3) is 0 Å². The smallest absolute Gasteiger partial charge is 0.137 e. The van der Waals surface area contributed by atoms with Crippen molar-refractivity contribution in [2.24, 2.45) is 0 Å². The average Bonchev–Trinajstić information content (AvgIpc) is 2.55. The highest BCUT2D eigenvalue weighted by atomic mass is 32.2. The minimum absolute atomic E-state index is 0.250. The van der Waals surface area contributed by atoms with E-state index in [-0.39, 0.29) is 5.25 Å². The van der Waals surface area contributed by atoms with Crippen molar-refractivity contribution in [3.8, 4) is 0 Å². The molecule has 0 spiro atoms. The summed E-state index contributed by atoms with van der Waals surface area (Å²) in [5.74, 6) is 0. The van der Waals surface area contributed by atoms with E-state index in [2.05, 4.69) is 79.4 Å². The van der Waals surface area contributed by atoms with Crippen LogP contribution in [0.25, 0.3) is 0 Å². The zero-order valence-corrected chi connectivity index (χ0v) is 14.2. The summed E-state index contributed by atoms with van der Waals surface area (Å²) in [7, 11) is 0. The highest BCUT2D eigenvalue weighted by molar-refractivity contribution is 8.23. The van der Waals surface area contributed by atoms with E-state index in [4.69, 9.17) is 12.2 Å². The largest absolute Gasteiger partial charge is 0.358 e. The van der Waals surface area contributed by atoms with Crippen molar-refractivity contribution in [3.05, 3.63) is 71.8 Å². The number of benzene rings is 2. The molecule has 0 heterocycles. The molecular formula is C18H21NS2. The number of thioether (sulfide) groups is 1. The molecule has 0 unspecified atom stereocenters. The van der Waals surface area contributed by atoms with Gasteiger partial charge in [0, 0.05) is 13.1 Å². The Morgan fingerprint density at radius 2 is 1.33 bits per heavy atom. The molecule has 0 aliphatic rings. The van der Waals surface area contributed by atoms with Crippen molar-refractivity contribution >= 4 is 28.3 Å². The van der Waals surface area contributed by atoms with Crippen LogP contribution < -0.4 is 0 Å². The van der Waals surface area contributed by atoms with E-state index >= 15 is 0 Å². The third-order valence-corrected chi connectivity index (χ3v) is 5.23. The van der Waals surface area contributed by atoms with Crippen LogP contribution >= 0.6 is 24.0 Å². The van der Waals surface area contributed by atoms with Gasteiger partial charge in [-0.2, -0.15) is 0 Å². The van der Waals surface area contributed by atoms with E-state index in [0.29, 0.717) is 0 Å². The Hall–Kier alpha value is -1.32. The molecule has 0 bridgehead atoms. The summed E-state index contributed by atoms with van der Waals surface area (Å²) < 4.78 is 0.970. The predicted octanol–water partition coefficient (Wildman–Crippen LogP) is 5.14. The van der Waals surface area contributed by atoms with Crippen molar-refractivity contribution in [2.45, 2.75) is 19.1 Å². The van der Waals surface area contributed by atoms with Crippen LogP contribution in [0.4, 0.5) is 0 Å². The molecule has 0 atom stereocenters. The fraction of sp³-hybridized carbons (Fsp3) is 0.278. The SMILES string of the molecule is CCN(CC)C(=S)SC(c1ccccc1)c1ccccc1. The van der Waals surface area contributed by atoms with Gasteiger partial charge in [-0.25, -0.2) is 0 Å². The van der Waals surface area contributed by atoms with Gasteiger partial charge in [-0.05, 0) is 25.0 Å². The highest BCUT2D eigenvalue weighted by Crippen LogP contribution is 2.37. The Morgan fingerprint density at radius 3 is 1.71 bits per heavy atom. The number of hydrogen-bond acceptors (Lipinski definition) is 2. The monoisotopic (exact) mass is 315 g/mol. The first-order chi connectivity index (χ1) is 10.3. The Morgan fingerprint density at radius 1 is 0.905 bits per heavy atom. The van der Waals surface area contributed by atoms with Gasteiger partial charge < -0.3 is 4.90 Å². The van der Waals surface area contributed by atoms with Gasteiger partial charge >= 0.3 is 0 Å². The fourth-order valence-corrected chi connectivity index (χ4v) is 3.98. The minimum Gasteiger partial charge on any atom is -0.358 e. The molecule has 0 fully saturated rings. The molecule has 110 valence electrons. The number of hydrogen-bond donors (Lipinski definition) is 0. The van der Waals surface area contributed by atoms with Crippen LogP contribution in [0, 0.1) is 0 Å². The zero-order chi connectivity index (χ0) is 15.1. The van der Waals surface area contributed by atoms with E-state index in [1.807, 2.05) is 0 Å². The van der Waals surface area contributed by atoms with Crippen LogP contribution in [-0.4, -0.2) is 22.3 Å². The normalized spacial score (nSPS) is 10.6. The maximum atomic E-state index is 5.64. The lowest BCUT2D eigenvalue weighted by atomic mass is 10.0. The van der Waals surface area contributed by atoms with E-state index in [1.165, 1.54) is 11.1 Å². The van der Waals surface area contributed by atoms with E-state index in [9.17, 15) is 0 Å². The zero-order valence-electron chi connectivity index (χ0n) is 12.5. The first kappa shape index (κ1) is 16.1. The summed E-state index contributed by atoms with van der Waals surface area (Å²) in [6.07, 6.45) is 0. The summed E-state index contributed by atoms with van der Waals surface area (Å²) in [5.41, 5.74) is 2.59. The highest BCUT2D eigenvalue weighted by Gasteiger charge is 2.18. The maximum Gasteiger partial charge on any atom is 0.137 e. The predicted molar refractivity (Wildman–Crippen MR) is 97.8 cm³/mol. The molecule has 0 saturated heterocycles. The summed E-state index contributed by atoms with van der Waals surface area (Å²) in [6.45, 7) is 6.21. The van der Waals surface area contributed by atoms with Crippen LogP contribution in [0.1, 0.15) is 30.2 Å². The first-order valence-corrected chi connectivity index (χ1v) is 8.60. The van der Waals surface area contributed by atoms with Crippen molar-refractivity contribution in [1.82, 2.24) is 4.90 Å². The standard InChI is InChI=1S/C18H21NS2/c1-3-19(4-2)18(20)21-17(15-11-7-5-8-12-15)16-13-9-6-10-14-16/h5-14,17H,3-4H2,1-2H3. The molecular weight excluding hydrogens is 294 g/mol. The lowest BCUT2D eigenvalue weighted by Crippen LogP contribution is -2.27. The minimum atomic E-state index is 0.250. The third kappa shape index (κ3) is 4.32. The fourth-order valence-electron chi connectivity index (χ4n) is 2.24. The van der Waals surface area contributed by atoms with Gasteiger partial charge in [-0.1, -0.05) is 84.6 Å². The molecule has 0 radical (unpaired) electrons. The summed E-state index contributed by atoms with van der Waals surface area (Å²) in [6, 6.07) is 21.2. The van der Waals surface area contributed by atoms with Crippen LogP contribution in [0.3, 0.4) is 0 Å². The van der Waals surface area contributed by atoms with Crippen LogP contribution in [-0.2, 0) is 0 Å². The van der Waals surface area contributed by atoms with Crippen molar-refractivity contribution in [3.63, 3.8) is 0 Å². The van der Waals surface area contributed by atoms with Gasteiger partial charge in [0.2, 0.25) is 0 Å². The molecule has 0 amide bonds. The molecule has 0 saturated carbocycles. The molecule has 1 nitrogen and oxygen atoms in total. The number of nitrogens with zero attached hydrogens (tertiary/aromatic N) is 1. The first-order valence-electron chi connectivity index (χ1n) is 7.31. The molecule has 2 aromatic carbocycles. The lowest BCUT2D eigenvalue weighted by Gasteiger charge is -2.25. The van der Waals surface area contributed by atoms with Gasteiger partial charge in [-0.15, -0.1) is 0 Å². The van der Waals surface area contributed by atoms with Crippen LogP contribution in [0.2, 0.25) is 0 Å². The van der Waals surface area contributed by atoms with Crippen LogP contribution in [0.5, 0.6) is 0 Å². The topological polar surface area (TPSA) is 3.24 Å². The number of rotatable bonds is 5. The average molecular weight is 316 g/mol. The maximum absolute atomic E-state index is 5.64. The van der Waals surface area contributed by atoms with Crippen molar-refractivity contribution in [1.29, 1.82) is 0 Å². The van der Waals surface area contributed by atoms with Gasteiger partial charge in [-0.3, -0.25) is 0 Å². The second-order valence-electron chi connectivity index (χ2n) is 4.76. The summed E-state index contributed by atoms with van der Waals surface area (Å²) >= 11 is 7.40. The Bertz CT molecular complexity index is 510. The molecule has 0 N–H and O–H groups in total. The molecule has 0 aromatic heterocycles. The molecule has 0 aliphatic carbocycles. The molecule has 3 heteroatoms. The van der Waals surface area contributed by atoms with E-state index < -0.39 is 0 Å². The molecule has 0 aliphatic heterocycles. The summed E-state index contributed by atoms with van der Waals surface area (Å²) in [5, 5.41) is 0.250. The van der Waals surface area contributed by atoms with Gasteiger partial charge in [0.15, 0.2) is 0 Å². The van der Waals surface area contributed by atoms with E-state index in [1.54, 1.807) is 11.8 Å².